The molecule has 2 rings (SSSR count). The minimum absolute atomic E-state index is 0.0166. The van der Waals surface area contributed by atoms with Crippen molar-refractivity contribution >= 4 is 5.91 Å². The van der Waals surface area contributed by atoms with Gasteiger partial charge >= 0.3 is 0 Å². The predicted molar refractivity (Wildman–Crippen MR) is 51.7 cm³/mol. The Morgan fingerprint density at radius 2 is 2.07 bits per heavy atom. The van der Waals surface area contributed by atoms with E-state index < -0.39 is 6.17 Å². The monoisotopic (exact) mass is 200 g/mol. The van der Waals surface area contributed by atoms with E-state index in [4.69, 9.17) is 0 Å². The maximum Gasteiger partial charge on any atom is 0.237 e. The zero-order valence-corrected chi connectivity index (χ0v) is 8.26. The fraction of sp³-hybridized carbons (Fsp3) is 0.900. The van der Waals surface area contributed by atoms with Gasteiger partial charge in [0.1, 0.15) is 6.17 Å². The van der Waals surface area contributed by atoms with Crippen molar-refractivity contribution in [2.45, 2.75) is 50.4 Å². The van der Waals surface area contributed by atoms with Gasteiger partial charge in [0, 0.05) is 19.0 Å². The van der Waals surface area contributed by atoms with Gasteiger partial charge in [-0.25, -0.2) is 4.39 Å². The van der Waals surface area contributed by atoms with Gasteiger partial charge in [-0.05, 0) is 12.8 Å². The van der Waals surface area contributed by atoms with Gasteiger partial charge in [0.25, 0.3) is 0 Å². The summed E-state index contributed by atoms with van der Waals surface area (Å²) in [6.07, 6.45) is 4.05. The standard InChI is InChI=1S/C10H17FN2O/c11-7-5-9(12-6-7)10(14)13-8-3-1-2-4-8/h7-9,12H,1-6H2,(H,13,14)/t7-,9+/m1/s1. The second kappa shape index (κ2) is 4.26. The van der Waals surface area contributed by atoms with Crippen LogP contribution in [-0.2, 0) is 4.79 Å². The Balaban J connectivity index is 1.77. The molecule has 0 unspecified atom stereocenters. The molecule has 0 aromatic heterocycles. The van der Waals surface area contributed by atoms with Crippen LogP contribution in [0.2, 0.25) is 0 Å². The number of amides is 1. The SMILES string of the molecule is O=C(NC1CCCC1)[C@@H]1C[C@@H](F)CN1. The first-order valence-electron chi connectivity index (χ1n) is 5.43. The van der Waals surface area contributed by atoms with E-state index in [2.05, 4.69) is 10.6 Å². The van der Waals surface area contributed by atoms with Crippen molar-refractivity contribution in [2.24, 2.45) is 0 Å². The first kappa shape index (κ1) is 9.90. The topological polar surface area (TPSA) is 41.1 Å². The average Bonchev–Trinajstić information content (AvgIpc) is 2.75. The lowest BCUT2D eigenvalue weighted by atomic mass is 10.2. The highest BCUT2D eigenvalue weighted by Gasteiger charge is 2.30. The van der Waals surface area contributed by atoms with Crippen LogP contribution < -0.4 is 10.6 Å². The minimum Gasteiger partial charge on any atom is -0.352 e. The average molecular weight is 200 g/mol. The molecule has 80 valence electrons. The highest BCUT2D eigenvalue weighted by Crippen LogP contribution is 2.18. The molecule has 0 spiro atoms. The maximum atomic E-state index is 12.8. The molecule has 0 aromatic carbocycles. The Labute approximate surface area is 83.4 Å². The number of nitrogens with one attached hydrogen (secondary N) is 2. The van der Waals surface area contributed by atoms with Crippen LogP contribution in [0.1, 0.15) is 32.1 Å². The van der Waals surface area contributed by atoms with Gasteiger partial charge in [0.15, 0.2) is 0 Å². The molecule has 1 aliphatic heterocycles. The van der Waals surface area contributed by atoms with Crippen molar-refractivity contribution < 1.29 is 9.18 Å². The third-order valence-electron chi connectivity index (χ3n) is 3.10. The molecule has 1 amide bonds. The Bertz CT molecular complexity index is 216. The fourth-order valence-corrected chi connectivity index (χ4v) is 2.26. The first-order valence-corrected chi connectivity index (χ1v) is 5.43. The highest BCUT2D eigenvalue weighted by molar-refractivity contribution is 5.82. The van der Waals surface area contributed by atoms with E-state index in [1.165, 1.54) is 12.8 Å². The van der Waals surface area contributed by atoms with E-state index in [1.807, 2.05) is 0 Å². The zero-order chi connectivity index (χ0) is 9.97. The number of halogens is 1. The van der Waals surface area contributed by atoms with Gasteiger partial charge in [-0.15, -0.1) is 0 Å². The molecule has 14 heavy (non-hydrogen) atoms. The largest absolute Gasteiger partial charge is 0.352 e. The van der Waals surface area contributed by atoms with E-state index in [0.717, 1.165) is 12.8 Å². The lowest BCUT2D eigenvalue weighted by Crippen LogP contribution is -2.44. The summed E-state index contributed by atoms with van der Waals surface area (Å²) >= 11 is 0. The molecular formula is C10H17FN2O. The Kier molecular flexibility index (Phi) is 3.01. The third kappa shape index (κ3) is 2.23. The number of alkyl halides is 1. The molecule has 1 aliphatic carbocycles. The molecule has 0 radical (unpaired) electrons. The van der Waals surface area contributed by atoms with Crippen molar-refractivity contribution in [3.05, 3.63) is 0 Å². The van der Waals surface area contributed by atoms with Crippen molar-refractivity contribution in [1.29, 1.82) is 0 Å². The summed E-state index contributed by atoms with van der Waals surface area (Å²) in [6.45, 7) is 0.322. The van der Waals surface area contributed by atoms with Crippen LogP contribution in [0, 0.1) is 0 Å². The van der Waals surface area contributed by atoms with Crippen molar-refractivity contribution in [1.82, 2.24) is 10.6 Å². The van der Waals surface area contributed by atoms with E-state index in [1.54, 1.807) is 0 Å². The van der Waals surface area contributed by atoms with Crippen LogP contribution in [0.4, 0.5) is 4.39 Å². The third-order valence-corrected chi connectivity index (χ3v) is 3.10. The molecule has 2 N–H and O–H groups in total. The van der Waals surface area contributed by atoms with Crippen molar-refractivity contribution in [3.8, 4) is 0 Å². The van der Waals surface area contributed by atoms with Gasteiger partial charge in [-0.2, -0.15) is 0 Å². The number of rotatable bonds is 2. The zero-order valence-electron chi connectivity index (χ0n) is 8.26. The Morgan fingerprint density at radius 3 is 2.64 bits per heavy atom. The minimum atomic E-state index is -0.852. The smallest absolute Gasteiger partial charge is 0.237 e. The highest BCUT2D eigenvalue weighted by atomic mass is 19.1. The fourth-order valence-electron chi connectivity index (χ4n) is 2.26. The van der Waals surface area contributed by atoms with Crippen LogP contribution in [-0.4, -0.2) is 30.7 Å². The van der Waals surface area contributed by atoms with E-state index >= 15 is 0 Å². The molecule has 0 bridgehead atoms. The molecule has 2 atom stereocenters. The molecule has 4 heteroatoms. The van der Waals surface area contributed by atoms with Gasteiger partial charge in [0.2, 0.25) is 5.91 Å². The number of hydrogen-bond acceptors (Lipinski definition) is 2. The predicted octanol–water partition coefficient (Wildman–Crippen LogP) is 0.745. The van der Waals surface area contributed by atoms with E-state index in [-0.39, 0.29) is 11.9 Å². The molecule has 1 heterocycles. The first-order chi connectivity index (χ1) is 6.75. The summed E-state index contributed by atoms with van der Waals surface area (Å²) in [4.78, 5) is 11.6. The molecule has 0 aromatic rings. The molecule has 3 nitrogen and oxygen atoms in total. The number of carbonyl (C=O) groups excluding carboxylic acids is 1. The summed E-state index contributed by atoms with van der Waals surface area (Å²) in [7, 11) is 0. The molecule has 1 saturated carbocycles. The van der Waals surface area contributed by atoms with Crippen molar-refractivity contribution in [3.63, 3.8) is 0 Å². The molecule has 1 saturated heterocycles. The van der Waals surface area contributed by atoms with Gasteiger partial charge in [0.05, 0.1) is 6.04 Å². The van der Waals surface area contributed by atoms with Crippen LogP contribution in [0.25, 0.3) is 0 Å². The van der Waals surface area contributed by atoms with Crippen LogP contribution in [0.15, 0.2) is 0 Å². The van der Waals surface area contributed by atoms with Crippen LogP contribution >= 0.6 is 0 Å². The van der Waals surface area contributed by atoms with Gasteiger partial charge in [-0.3, -0.25) is 4.79 Å². The summed E-state index contributed by atoms with van der Waals surface area (Å²) in [6, 6.07) is 0.0357. The van der Waals surface area contributed by atoms with Gasteiger partial charge < -0.3 is 10.6 Å². The van der Waals surface area contributed by atoms with Crippen LogP contribution in [0.5, 0.6) is 0 Å². The summed E-state index contributed by atoms with van der Waals surface area (Å²) in [5.41, 5.74) is 0. The Morgan fingerprint density at radius 1 is 1.36 bits per heavy atom. The van der Waals surface area contributed by atoms with Crippen LogP contribution in [0.3, 0.4) is 0 Å². The molecule has 2 fully saturated rings. The number of hydrogen-bond donors (Lipinski definition) is 2. The second-order valence-electron chi connectivity index (χ2n) is 4.28. The quantitative estimate of drug-likeness (QED) is 0.690. The summed E-state index contributed by atoms with van der Waals surface area (Å²) in [5, 5.41) is 5.87. The molecular weight excluding hydrogens is 183 g/mol. The van der Waals surface area contributed by atoms with E-state index in [9.17, 15) is 9.18 Å². The van der Waals surface area contributed by atoms with Crippen molar-refractivity contribution in [2.75, 3.05) is 6.54 Å². The molecule has 2 aliphatic rings. The Hall–Kier alpha value is -0.640. The van der Waals surface area contributed by atoms with E-state index in [0.29, 0.717) is 19.0 Å². The lowest BCUT2D eigenvalue weighted by molar-refractivity contribution is -0.123. The summed E-state index contributed by atoms with van der Waals surface area (Å²) in [5.74, 6) is -0.0166. The maximum absolute atomic E-state index is 12.8. The van der Waals surface area contributed by atoms with Gasteiger partial charge in [-0.1, -0.05) is 12.8 Å². The summed E-state index contributed by atoms with van der Waals surface area (Å²) < 4.78 is 12.8. The number of carbonyl (C=O) groups is 1. The second-order valence-corrected chi connectivity index (χ2v) is 4.28. The normalized spacial score (nSPS) is 33.5. The lowest BCUT2D eigenvalue weighted by Gasteiger charge is -2.15.